The molecule has 1 aliphatic carbocycles. The molecule has 0 bridgehead atoms. The van der Waals surface area contributed by atoms with Crippen LogP contribution in [0.3, 0.4) is 0 Å². The summed E-state index contributed by atoms with van der Waals surface area (Å²) >= 11 is 6.38. The maximum absolute atomic E-state index is 16.1. The molecular formula is C31H27ClF2N4O4. The minimum atomic E-state index is -2.29. The van der Waals surface area contributed by atoms with E-state index in [1.54, 1.807) is 19.2 Å². The second kappa shape index (κ2) is 9.71. The van der Waals surface area contributed by atoms with Crippen LogP contribution in [0.5, 0.6) is 5.75 Å². The average Bonchev–Trinajstić information content (AvgIpc) is 3.63. The van der Waals surface area contributed by atoms with E-state index >= 15 is 4.39 Å². The van der Waals surface area contributed by atoms with Crippen molar-refractivity contribution in [1.82, 2.24) is 15.3 Å². The van der Waals surface area contributed by atoms with Crippen molar-refractivity contribution in [2.24, 2.45) is 5.73 Å². The molecule has 1 saturated carbocycles. The molecule has 8 nitrogen and oxygen atoms in total. The van der Waals surface area contributed by atoms with E-state index in [2.05, 4.69) is 15.3 Å². The van der Waals surface area contributed by atoms with Crippen LogP contribution in [-0.4, -0.2) is 45.7 Å². The van der Waals surface area contributed by atoms with Crippen LogP contribution in [0.25, 0.3) is 22.2 Å². The van der Waals surface area contributed by atoms with Gasteiger partial charge in [-0.15, -0.1) is 0 Å². The van der Waals surface area contributed by atoms with Gasteiger partial charge < -0.3 is 20.9 Å². The molecule has 216 valence electrons. The zero-order valence-corrected chi connectivity index (χ0v) is 23.6. The van der Waals surface area contributed by atoms with Crippen LogP contribution in [0.4, 0.5) is 8.78 Å². The molecule has 42 heavy (non-hydrogen) atoms. The van der Waals surface area contributed by atoms with Crippen LogP contribution >= 0.6 is 11.6 Å². The van der Waals surface area contributed by atoms with Crippen molar-refractivity contribution in [3.63, 3.8) is 0 Å². The monoisotopic (exact) mass is 592 g/mol. The standard InChI is InChI=1S/C31H27ClF2N4O4/c1-16-9-18-10-19(11-22(32)24(18)36-13-16)27(39)37-14-31(41,30(34)7-8-30)23-12-21-26(42-15-29(21,2)28(35)40)25(38-23)17-3-5-20(33)6-4-17/h3-6,9-13,41H,7-8,14-15H2,1-2H3,(H2,35,40)(H,37,39)/t29-,31?/m0/s1. The SMILES string of the molecule is Cc1cnc2c(Cl)cc(C(=O)NCC(O)(c3cc4c(c(-c5ccc(F)cc5)n3)OC[C@]4(C)C(N)=O)C3(F)CC3)cc2c1. The predicted molar refractivity (Wildman–Crippen MR) is 152 cm³/mol. The largest absolute Gasteiger partial charge is 0.489 e. The van der Waals surface area contributed by atoms with E-state index in [0.717, 1.165) is 5.56 Å². The Balaban J connectivity index is 1.42. The quantitative estimate of drug-likeness (QED) is 0.287. The maximum atomic E-state index is 16.1. The molecule has 0 spiro atoms. The lowest BCUT2D eigenvalue weighted by molar-refractivity contribution is -0.123. The van der Waals surface area contributed by atoms with Gasteiger partial charge in [-0.1, -0.05) is 11.6 Å². The number of halogens is 3. The number of alkyl halides is 1. The second-order valence-electron chi connectivity index (χ2n) is 11.3. The van der Waals surface area contributed by atoms with Gasteiger partial charge >= 0.3 is 0 Å². The van der Waals surface area contributed by atoms with Gasteiger partial charge in [0, 0.05) is 28.3 Å². The van der Waals surface area contributed by atoms with E-state index in [9.17, 15) is 19.1 Å². The summed E-state index contributed by atoms with van der Waals surface area (Å²) in [5, 5.41) is 15.6. The van der Waals surface area contributed by atoms with Gasteiger partial charge in [0.2, 0.25) is 5.91 Å². The Morgan fingerprint density at radius 3 is 2.57 bits per heavy atom. The summed E-state index contributed by atoms with van der Waals surface area (Å²) in [6.07, 6.45) is 1.73. The Labute approximate surface area is 244 Å². The van der Waals surface area contributed by atoms with E-state index < -0.39 is 40.9 Å². The lowest BCUT2D eigenvalue weighted by atomic mass is 9.80. The Kier molecular flexibility index (Phi) is 6.47. The number of nitrogens with two attached hydrogens (primary N) is 1. The first-order valence-electron chi connectivity index (χ1n) is 13.3. The van der Waals surface area contributed by atoms with Crippen LogP contribution < -0.4 is 15.8 Å². The molecule has 2 aromatic carbocycles. The number of nitrogens with zero attached hydrogens (tertiary/aromatic N) is 2. The molecule has 2 atom stereocenters. The van der Waals surface area contributed by atoms with Gasteiger partial charge in [-0.25, -0.2) is 13.8 Å². The van der Waals surface area contributed by atoms with E-state index in [-0.39, 0.29) is 47.2 Å². The highest BCUT2D eigenvalue weighted by Crippen LogP contribution is 2.55. The maximum Gasteiger partial charge on any atom is 0.251 e. The number of nitrogens with one attached hydrogen (secondary N) is 1. The fraction of sp³-hybridized carbons (Fsp3) is 0.290. The summed E-state index contributed by atoms with van der Waals surface area (Å²) < 4.78 is 35.6. The van der Waals surface area contributed by atoms with Gasteiger partial charge in [-0.2, -0.15) is 0 Å². The fourth-order valence-corrected chi connectivity index (χ4v) is 5.64. The fourth-order valence-electron chi connectivity index (χ4n) is 5.36. The molecule has 4 aromatic rings. The predicted octanol–water partition coefficient (Wildman–Crippen LogP) is 4.65. The van der Waals surface area contributed by atoms with Gasteiger partial charge in [0.05, 0.1) is 22.8 Å². The molecule has 1 aliphatic heterocycles. The number of carbonyl (C=O) groups excluding carboxylic acids is 2. The smallest absolute Gasteiger partial charge is 0.251 e. The van der Waals surface area contributed by atoms with Crippen molar-refractivity contribution in [3.8, 4) is 17.0 Å². The molecule has 11 heteroatoms. The number of rotatable bonds is 7. The van der Waals surface area contributed by atoms with E-state index in [0.29, 0.717) is 22.0 Å². The van der Waals surface area contributed by atoms with Crippen molar-refractivity contribution >= 4 is 34.3 Å². The first kappa shape index (κ1) is 28.0. The van der Waals surface area contributed by atoms with E-state index in [4.69, 9.17) is 22.1 Å². The number of hydrogen-bond donors (Lipinski definition) is 3. The Hall–Kier alpha value is -4.15. The number of aryl methyl sites for hydroxylation is 1. The number of fused-ring (bicyclic) bond motifs is 2. The zero-order chi connectivity index (χ0) is 30.0. The number of carbonyl (C=O) groups is 2. The number of ether oxygens (including phenoxy) is 1. The van der Waals surface area contributed by atoms with E-state index in [1.807, 2.05) is 13.0 Å². The van der Waals surface area contributed by atoms with Crippen molar-refractivity contribution < 1.29 is 28.2 Å². The van der Waals surface area contributed by atoms with Gasteiger partial charge in [0.1, 0.15) is 35.0 Å². The van der Waals surface area contributed by atoms with Crippen LogP contribution in [0, 0.1) is 12.7 Å². The minimum Gasteiger partial charge on any atom is -0.489 e. The summed E-state index contributed by atoms with van der Waals surface area (Å²) in [7, 11) is 0. The van der Waals surface area contributed by atoms with Crippen LogP contribution in [-0.2, 0) is 15.8 Å². The number of amides is 2. The van der Waals surface area contributed by atoms with Crippen LogP contribution in [0.1, 0.15) is 46.9 Å². The second-order valence-corrected chi connectivity index (χ2v) is 11.7. The third-order valence-electron chi connectivity index (χ3n) is 8.23. The Bertz CT molecular complexity index is 1780. The first-order valence-corrected chi connectivity index (χ1v) is 13.7. The molecule has 2 aliphatic rings. The number of pyridine rings is 2. The molecule has 0 radical (unpaired) electrons. The third-order valence-corrected chi connectivity index (χ3v) is 8.52. The molecule has 2 aromatic heterocycles. The highest BCUT2D eigenvalue weighted by molar-refractivity contribution is 6.35. The minimum absolute atomic E-state index is 0.0281. The average molecular weight is 593 g/mol. The first-order chi connectivity index (χ1) is 19.8. The van der Waals surface area contributed by atoms with Crippen LogP contribution in [0.15, 0.2) is 54.7 Å². The molecule has 1 fully saturated rings. The van der Waals surface area contributed by atoms with Crippen molar-refractivity contribution in [1.29, 1.82) is 0 Å². The summed E-state index contributed by atoms with van der Waals surface area (Å²) in [6, 6.07) is 11.7. The number of aliphatic hydroxyl groups is 1. The highest BCUT2D eigenvalue weighted by Gasteiger charge is 2.62. The van der Waals surface area contributed by atoms with Gasteiger partial charge in [-0.3, -0.25) is 14.6 Å². The van der Waals surface area contributed by atoms with Crippen LogP contribution in [0.2, 0.25) is 5.02 Å². The van der Waals surface area contributed by atoms with E-state index in [1.165, 1.54) is 36.4 Å². The lowest BCUT2D eigenvalue weighted by Crippen LogP contribution is -2.49. The molecule has 0 saturated heterocycles. The Morgan fingerprint density at radius 1 is 1.19 bits per heavy atom. The number of primary amides is 1. The zero-order valence-electron chi connectivity index (χ0n) is 22.8. The number of benzene rings is 2. The topological polar surface area (TPSA) is 127 Å². The highest BCUT2D eigenvalue weighted by atomic mass is 35.5. The normalized spacial score (nSPS) is 20.0. The van der Waals surface area contributed by atoms with Gasteiger partial charge in [0.25, 0.3) is 5.91 Å². The van der Waals surface area contributed by atoms with Crippen molar-refractivity contribution in [2.45, 2.75) is 43.4 Å². The van der Waals surface area contributed by atoms with Crippen molar-refractivity contribution in [3.05, 3.63) is 88.0 Å². The summed E-state index contributed by atoms with van der Waals surface area (Å²) in [5.41, 5.74) is 2.48. The molecule has 4 N–H and O–H groups in total. The third kappa shape index (κ3) is 4.46. The lowest BCUT2D eigenvalue weighted by Gasteiger charge is -2.33. The number of aromatic nitrogens is 2. The molecule has 2 amide bonds. The Morgan fingerprint density at radius 2 is 1.90 bits per heavy atom. The number of hydrogen-bond acceptors (Lipinski definition) is 6. The summed E-state index contributed by atoms with van der Waals surface area (Å²) in [4.78, 5) is 34.7. The van der Waals surface area contributed by atoms with Gasteiger partial charge in [0.15, 0.2) is 5.60 Å². The van der Waals surface area contributed by atoms with Crippen molar-refractivity contribution in [2.75, 3.05) is 13.2 Å². The van der Waals surface area contributed by atoms with Gasteiger partial charge in [-0.05, 0) is 80.8 Å². The summed E-state index contributed by atoms with van der Waals surface area (Å²) in [5.74, 6) is -1.52. The molecule has 3 heterocycles. The molecule has 6 rings (SSSR count). The summed E-state index contributed by atoms with van der Waals surface area (Å²) in [6.45, 7) is 2.82. The molecular weight excluding hydrogens is 566 g/mol. The molecule has 1 unspecified atom stereocenters.